The number of hydrogen-bond donors (Lipinski definition) is 1. The number of carbonyl (C=O) groups excluding carboxylic acids is 1. The van der Waals surface area contributed by atoms with E-state index < -0.39 is 10.0 Å². The van der Waals surface area contributed by atoms with Crippen LogP contribution < -0.4 is 5.73 Å². The maximum Gasteiger partial charge on any atom is 0.225 e. The van der Waals surface area contributed by atoms with Crippen molar-refractivity contribution in [2.75, 3.05) is 32.4 Å². The van der Waals surface area contributed by atoms with E-state index in [0.29, 0.717) is 32.1 Å². The first kappa shape index (κ1) is 16.7. The van der Waals surface area contributed by atoms with Crippen LogP contribution in [0.15, 0.2) is 0 Å². The minimum atomic E-state index is -3.14. The van der Waals surface area contributed by atoms with Crippen molar-refractivity contribution in [2.24, 2.45) is 17.6 Å². The van der Waals surface area contributed by atoms with E-state index in [2.05, 4.69) is 0 Å². The molecule has 0 bridgehead atoms. The molecular formula is C14H27N3O3S. The molecule has 1 heterocycles. The van der Waals surface area contributed by atoms with Gasteiger partial charge in [-0.05, 0) is 25.2 Å². The number of amides is 1. The third-order valence-electron chi connectivity index (χ3n) is 4.87. The first-order chi connectivity index (χ1) is 9.79. The zero-order valence-electron chi connectivity index (χ0n) is 13.0. The van der Waals surface area contributed by atoms with Crippen LogP contribution in [0, 0.1) is 11.8 Å². The van der Waals surface area contributed by atoms with E-state index in [1.165, 1.54) is 10.6 Å². The van der Waals surface area contributed by atoms with Gasteiger partial charge in [-0.1, -0.05) is 13.3 Å². The van der Waals surface area contributed by atoms with Gasteiger partial charge in [0.2, 0.25) is 15.9 Å². The Morgan fingerprint density at radius 3 is 2.33 bits per heavy atom. The molecule has 2 aliphatic rings. The van der Waals surface area contributed by atoms with Crippen molar-refractivity contribution in [3.8, 4) is 0 Å². The standard InChI is InChI=1S/C14H27N3O3S/c1-11(12-4-3-5-13(15)10-12)14(18)16-6-8-17(9-7-16)21(2,19)20/h11-13H,3-10,15H2,1-2H3. The molecule has 2 N–H and O–H groups in total. The fourth-order valence-electron chi connectivity index (χ4n) is 3.45. The predicted octanol–water partition coefficient (Wildman–Crippen LogP) is 0.244. The summed E-state index contributed by atoms with van der Waals surface area (Å²) in [5.74, 6) is 0.512. The van der Waals surface area contributed by atoms with E-state index in [-0.39, 0.29) is 17.9 Å². The van der Waals surface area contributed by atoms with Crippen molar-refractivity contribution in [1.29, 1.82) is 0 Å². The van der Waals surface area contributed by atoms with Gasteiger partial charge >= 0.3 is 0 Å². The monoisotopic (exact) mass is 317 g/mol. The average molecular weight is 317 g/mol. The van der Waals surface area contributed by atoms with Crippen LogP contribution in [0.1, 0.15) is 32.6 Å². The lowest BCUT2D eigenvalue weighted by Gasteiger charge is -2.37. The van der Waals surface area contributed by atoms with Crippen molar-refractivity contribution < 1.29 is 13.2 Å². The summed E-state index contributed by atoms with van der Waals surface area (Å²) < 4.78 is 24.4. The van der Waals surface area contributed by atoms with Crippen molar-refractivity contribution in [1.82, 2.24) is 9.21 Å². The van der Waals surface area contributed by atoms with Crippen LogP contribution >= 0.6 is 0 Å². The number of piperazine rings is 1. The summed E-state index contributed by atoms with van der Waals surface area (Å²) in [5, 5.41) is 0. The van der Waals surface area contributed by atoms with E-state index in [1.54, 1.807) is 0 Å². The molecule has 7 heteroatoms. The lowest BCUT2D eigenvalue weighted by molar-refractivity contribution is -0.138. The molecule has 0 aromatic heterocycles. The first-order valence-corrected chi connectivity index (χ1v) is 9.63. The summed E-state index contributed by atoms with van der Waals surface area (Å²) in [7, 11) is -3.14. The molecule has 122 valence electrons. The summed E-state index contributed by atoms with van der Waals surface area (Å²) in [6.45, 7) is 3.79. The SMILES string of the molecule is CC(C(=O)N1CCN(S(C)(=O)=O)CC1)C1CCCC(N)C1. The molecule has 1 aliphatic heterocycles. The van der Waals surface area contributed by atoms with Crippen molar-refractivity contribution in [3.63, 3.8) is 0 Å². The topological polar surface area (TPSA) is 83.7 Å². The molecule has 0 aromatic carbocycles. The molecule has 0 spiro atoms. The highest BCUT2D eigenvalue weighted by Crippen LogP contribution is 2.30. The summed E-state index contributed by atoms with van der Waals surface area (Å²) in [5.41, 5.74) is 6.01. The summed E-state index contributed by atoms with van der Waals surface area (Å²) in [6, 6.07) is 0.223. The van der Waals surface area contributed by atoms with Gasteiger partial charge in [-0.2, -0.15) is 4.31 Å². The largest absolute Gasteiger partial charge is 0.340 e. The van der Waals surface area contributed by atoms with Crippen LogP contribution in [0.2, 0.25) is 0 Å². The van der Waals surface area contributed by atoms with Gasteiger partial charge in [0, 0.05) is 38.1 Å². The Morgan fingerprint density at radius 2 is 1.81 bits per heavy atom. The Kier molecular flexibility index (Phi) is 5.27. The van der Waals surface area contributed by atoms with Gasteiger partial charge in [-0.3, -0.25) is 4.79 Å². The van der Waals surface area contributed by atoms with Crippen LogP contribution in [-0.4, -0.2) is 62.0 Å². The van der Waals surface area contributed by atoms with Gasteiger partial charge < -0.3 is 10.6 Å². The molecule has 6 nitrogen and oxygen atoms in total. The molecule has 21 heavy (non-hydrogen) atoms. The Labute approximate surface area is 127 Å². The number of rotatable bonds is 3. The second-order valence-corrected chi connectivity index (χ2v) is 8.45. The van der Waals surface area contributed by atoms with Crippen LogP contribution in [0.3, 0.4) is 0 Å². The van der Waals surface area contributed by atoms with Crippen molar-refractivity contribution in [3.05, 3.63) is 0 Å². The molecule has 3 unspecified atom stereocenters. The van der Waals surface area contributed by atoms with Crippen molar-refractivity contribution in [2.45, 2.75) is 38.6 Å². The van der Waals surface area contributed by atoms with Gasteiger partial charge in [0.15, 0.2) is 0 Å². The van der Waals surface area contributed by atoms with E-state index in [0.717, 1.165) is 25.7 Å². The van der Waals surface area contributed by atoms with Crippen molar-refractivity contribution >= 4 is 15.9 Å². The smallest absolute Gasteiger partial charge is 0.225 e. The third-order valence-corrected chi connectivity index (χ3v) is 6.17. The molecule has 0 radical (unpaired) electrons. The second-order valence-electron chi connectivity index (χ2n) is 6.46. The third kappa shape index (κ3) is 4.17. The van der Waals surface area contributed by atoms with E-state index in [9.17, 15) is 13.2 Å². The molecule has 2 rings (SSSR count). The zero-order valence-corrected chi connectivity index (χ0v) is 13.8. The number of sulfonamides is 1. The quantitative estimate of drug-likeness (QED) is 0.808. The maximum atomic E-state index is 12.6. The molecule has 1 saturated heterocycles. The molecule has 2 fully saturated rings. The average Bonchev–Trinajstić information content (AvgIpc) is 2.45. The van der Waals surface area contributed by atoms with Gasteiger partial charge in [0.05, 0.1) is 6.26 Å². The Morgan fingerprint density at radius 1 is 1.19 bits per heavy atom. The van der Waals surface area contributed by atoms with E-state index >= 15 is 0 Å². The highest BCUT2D eigenvalue weighted by molar-refractivity contribution is 7.88. The minimum absolute atomic E-state index is 0.0128. The summed E-state index contributed by atoms with van der Waals surface area (Å²) in [4.78, 5) is 14.4. The molecule has 0 aromatic rings. The molecule has 1 saturated carbocycles. The predicted molar refractivity (Wildman–Crippen MR) is 82.1 cm³/mol. The van der Waals surface area contributed by atoms with E-state index in [4.69, 9.17) is 5.73 Å². The number of carbonyl (C=O) groups is 1. The lowest BCUT2D eigenvalue weighted by atomic mass is 9.78. The van der Waals surface area contributed by atoms with Crippen LogP contribution in [0.25, 0.3) is 0 Å². The maximum absolute atomic E-state index is 12.6. The lowest BCUT2D eigenvalue weighted by Crippen LogP contribution is -2.52. The van der Waals surface area contributed by atoms with Crippen LogP contribution in [0.5, 0.6) is 0 Å². The highest BCUT2D eigenvalue weighted by Gasteiger charge is 2.33. The van der Waals surface area contributed by atoms with Gasteiger partial charge in [0.25, 0.3) is 0 Å². The number of nitrogens with two attached hydrogens (primary N) is 1. The van der Waals surface area contributed by atoms with Crippen LogP contribution in [-0.2, 0) is 14.8 Å². The van der Waals surface area contributed by atoms with Gasteiger partial charge in [-0.25, -0.2) is 8.42 Å². The molecular weight excluding hydrogens is 290 g/mol. The van der Waals surface area contributed by atoms with E-state index in [1.807, 2.05) is 11.8 Å². The second kappa shape index (κ2) is 6.62. The fraction of sp³-hybridized carbons (Fsp3) is 0.929. The molecule has 1 aliphatic carbocycles. The highest BCUT2D eigenvalue weighted by atomic mass is 32.2. The number of nitrogens with zero attached hydrogens (tertiary/aromatic N) is 2. The Hall–Kier alpha value is -0.660. The Balaban J connectivity index is 1.89. The van der Waals surface area contributed by atoms with Crippen LogP contribution in [0.4, 0.5) is 0 Å². The first-order valence-electron chi connectivity index (χ1n) is 7.78. The molecule has 3 atom stereocenters. The summed E-state index contributed by atoms with van der Waals surface area (Å²) >= 11 is 0. The summed E-state index contributed by atoms with van der Waals surface area (Å²) in [6.07, 6.45) is 5.38. The fourth-order valence-corrected chi connectivity index (χ4v) is 4.28. The molecule has 1 amide bonds. The normalized spacial score (nSPS) is 30.1. The van der Waals surface area contributed by atoms with Gasteiger partial charge in [-0.15, -0.1) is 0 Å². The number of hydrogen-bond acceptors (Lipinski definition) is 4. The minimum Gasteiger partial charge on any atom is -0.340 e. The zero-order chi connectivity index (χ0) is 15.6. The Bertz CT molecular complexity index is 472. The van der Waals surface area contributed by atoms with Gasteiger partial charge in [0.1, 0.15) is 0 Å².